The van der Waals surface area contributed by atoms with Gasteiger partial charge in [-0.3, -0.25) is 14.8 Å². The van der Waals surface area contributed by atoms with Crippen molar-refractivity contribution in [2.75, 3.05) is 6.54 Å². The van der Waals surface area contributed by atoms with Crippen LogP contribution in [0.4, 0.5) is 0 Å². The SMILES string of the molecule is Cc1cc(-c2cn(C)c(=O)c3[nH]ncc23)ccc1CN1CCc2c(cccc2C(C)C)C1. The molecule has 1 aliphatic heterocycles. The Morgan fingerprint density at radius 2 is 2.03 bits per heavy atom. The molecule has 2 aromatic carbocycles. The molecule has 0 bridgehead atoms. The molecular formula is C27H30N4O. The summed E-state index contributed by atoms with van der Waals surface area (Å²) in [6.45, 7) is 9.81. The van der Waals surface area contributed by atoms with Crippen molar-refractivity contribution in [3.05, 3.63) is 87.0 Å². The summed E-state index contributed by atoms with van der Waals surface area (Å²) in [5.41, 5.74) is 9.80. The highest BCUT2D eigenvalue weighted by atomic mass is 16.1. The maximum absolute atomic E-state index is 12.3. The molecular weight excluding hydrogens is 396 g/mol. The molecule has 1 aliphatic rings. The molecule has 0 spiro atoms. The number of nitrogens with zero attached hydrogens (tertiary/aromatic N) is 3. The fraction of sp³-hybridized carbons (Fsp3) is 0.333. The Kier molecular flexibility index (Phi) is 5.22. The van der Waals surface area contributed by atoms with E-state index in [1.54, 1.807) is 23.4 Å². The topological polar surface area (TPSA) is 53.9 Å². The summed E-state index contributed by atoms with van der Waals surface area (Å²) in [6, 6.07) is 13.4. The van der Waals surface area contributed by atoms with Crippen molar-refractivity contribution >= 4 is 10.9 Å². The van der Waals surface area contributed by atoms with E-state index in [1.807, 2.05) is 6.20 Å². The number of pyridine rings is 1. The smallest absolute Gasteiger partial charge is 0.276 e. The first-order chi connectivity index (χ1) is 15.4. The van der Waals surface area contributed by atoms with Gasteiger partial charge in [-0.05, 0) is 52.6 Å². The molecule has 5 rings (SSSR count). The van der Waals surface area contributed by atoms with E-state index in [2.05, 4.69) is 72.3 Å². The Morgan fingerprint density at radius 3 is 2.81 bits per heavy atom. The second-order valence-corrected chi connectivity index (χ2v) is 9.36. The average molecular weight is 427 g/mol. The van der Waals surface area contributed by atoms with Crippen LogP contribution in [-0.2, 0) is 26.6 Å². The zero-order chi connectivity index (χ0) is 22.4. The molecule has 0 atom stereocenters. The van der Waals surface area contributed by atoms with Crippen LogP contribution < -0.4 is 5.56 Å². The van der Waals surface area contributed by atoms with E-state index < -0.39 is 0 Å². The standard InChI is InChI=1S/C27H30N4O/c1-17(2)22-7-5-6-21-15-31(11-10-23(21)22)14-20-9-8-19(12-18(20)3)25-16-30(4)27(32)26-24(25)13-28-29-26/h5-9,12-13,16-17H,10-11,14-15H2,1-4H3,(H,28,29). The lowest BCUT2D eigenvalue weighted by atomic mass is 9.89. The van der Waals surface area contributed by atoms with Crippen LogP contribution in [0.1, 0.15) is 47.6 Å². The molecule has 0 radical (unpaired) electrons. The summed E-state index contributed by atoms with van der Waals surface area (Å²) in [4.78, 5) is 14.9. The lowest BCUT2D eigenvalue weighted by Gasteiger charge is -2.31. The van der Waals surface area contributed by atoms with Crippen LogP contribution in [0.2, 0.25) is 0 Å². The Morgan fingerprint density at radius 1 is 1.19 bits per heavy atom. The third-order valence-electron chi connectivity index (χ3n) is 6.84. The van der Waals surface area contributed by atoms with Gasteiger partial charge in [-0.2, -0.15) is 5.10 Å². The van der Waals surface area contributed by atoms with Gasteiger partial charge in [0.25, 0.3) is 5.56 Å². The third-order valence-corrected chi connectivity index (χ3v) is 6.84. The molecule has 4 aromatic rings. The Balaban J connectivity index is 1.41. The summed E-state index contributed by atoms with van der Waals surface area (Å²) >= 11 is 0. The maximum atomic E-state index is 12.3. The lowest BCUT2D eigenvalue weighted by molar-refractivity contribution is 0.244. The molecule has 1 N–H and O–H groups in total. The Bertz CT molecular complexity index is 1360. The van der Waals surface area contributed by atoms with Crippen LogP contribution in [0.15, 0.2) is 53.6 Å². The normalized spacial score (nSPS) is 14.3. The minimum atomic E-state index is -0.0550. The van der Waals surface area contributed by atoms with Crippen LogP contribution in [0.3, 0.4) is 0 Å². The lowest BCUT2D eigenvalue weighted by Crippen LogP contribution is -2.31. The number of aromatic amines is 1. The van der Waals surface area contributed by atoms with Gasteiger partial charge in [0.1, 0.15) is 5.52 Å². The van der Waals surface area contributed by atoms with Crippen molar-refractivity contribution in [2.45, 2.75) is 46.2 Å². The molecule has 164 valence electrons. The largest absolute Gasteiger partial charge is 0.316 e. The van der Waals surface area contributed by atoms with Crippen LogP contribution in [0.25, 0.3) is 22.0 Å². The monoisotopic (exact) mass is 426 g/mol. The molecule has 0 amide bonds. The van der Waals surface area contributed by atoms with Gasteiger partial charge in [0, 0.05) is 43.8 Å². The van der Waals surface area contributed by atoms with Crippen molar-refractivity contribution in [3.63, 3.8) is 0 Å². The molecule has 0 fully saturated rings. The number of aromatic nitrogens is 3. The second-order valence-electron chi connectivity index (χ2n) is 9.36. The fourth-order valence-electron chi connectivity index (χ4n) is 5.04. The van der Waals surface area contributed by atoms with Gasteiger partial charge in [0.05, 0.1) is 6.20 Å². The molecule has 0 unspecified atom stereocenters. The molecule has 0 saturated heterocycles. The minimum absolute atomic E-state index is 0.0550. The highest BCUT2D eigenvalue weighted by Gasteiger charge is 2.20. The van der Waals surface area contributed by atoms with Gasteiger partial charge in [0.2, 0.25) is 0 Å². The maximum Gasteiger partial charge on any atom is 0.276 e. The van der Waals surface area contributed by atoms with Crippen LogP contribution >= 0.6 is 0 Å². The number of hydrogen-bond donors (Lipinski definition) is 1. The summed E-state index contributed by atoms with van der Waals surface area (Å²) in [7, 11) is 1.78. The number of H-pyrrole nitrogens is 1. The van der Waals surface area contributed by atoms with Gasteiger partial charge in [-0.1, -0.05) is 50.2 Å². The van der Waals surface area contributed by atoms with E-state index in [1.165, 1.54) is 22.3 Å². The number of rotatable bonds is 4. The van der Waals surface area contributed by atoms with Gasteiger partial charge >= 0.3 is 0 Å². The zero-order valence-corrected chi connectivity index (χ0v) is 19.3. The number of hydrogen-bond acceptors (Lipinski definition) is 3. The van der Waals surface area contributed by atoms with E-state index in [4.69, 9.17) is 0 Å². The first-order valence-corrected chi connectivity index (χ1v) is 11.4. The third kappa shape index (κ3) is 3.56. The van der Waals surface area contributed by atoms with Crippen molar-refractivity contribution in [3.8, 4) is 11.1 Å². The number of aryl methyl sites for hydroxylation is 2. The summed E-state index contributed by atoms with van der Waals surface area (Å²) < 4.78 is 1.62. The van der Waals surface area contributed by atoms with Gasteiger partial charge in [-0.15, -0.1) is 0 Å². The van der Waals surface area contributed by atoms with Crippen molar-refractivity contribution < 1.29 is 0 Å². The minimum Gasteiger partial charge on any atom is -0.316 e. The molecule has 3 heterocycles. The van der Waals surface area contributed by atoms with Crippen LogP contribution in [0, 0.1) is 6.92 Å². The first-order valence-electron chi connectivity index (χ1n) is 11.4. The van der Waals surface area contributed by atoms with E-state index in [0.29, 0.717) is 11.4 Å². The van der Waals surface area contributed by atoms with Crippen molar-refractivity contribution in [1.82, 2.24) is 19.7 Å². The number of fused-ring (bicyclic) bond motifs is 2. The highest BCUT2D eigenvalue weighted by Crippen LogP contribution is 2.30. The second kappa shape index (κ2) is 8.06. The highest BCUT2D eigenvalue weighted by molar-refractivity contribution is 5.93. The Labute approximate surface area is 188 Å². The van der Waals surface area contributed by atoms with Gasteiger partial charge < -0.3 is 4.57 Å². The zero-order valence-electron chi connectivity index (χ0n) is 19.3. The quantitative estimate of drug-likeness (QED) is 0.504. The molecule has 32 heavy (non-hydrogen) atoms. The molecule has 2 aromatic heterocycles. The summed E-state index contributed by atoms with van der Waals surface area (Å²) in [5, 5.41) is 7.81. The van der Waals surface area contributed by atoms with Gasteiger partial charge in [-0.25, -0.2) is 0 Å². The molecule has 0 saturated carbocycles. The van der Waals surface area contributed by atoms with Crippen LogP contribution in [-0.4, -0.2) is 26.2 Å². The van der Waals surface area contributed by atoms with Crippen molar-refractivity contribution in [1.29, 1.82) is 0 Å². The average Bonchev–Trinajstić information content (AvgIpc) is 3.27. The Hall–Kier alpha value is -3.18. The van der Waals surface area contributed by atoms with E-state index in [0.717, 1.165) is 42.6 Å². The van der Waals surface area contributed by atoms with Crippen molar-refractivity contribution in [2.24, 2.45) is 7.05 Å². The summed E-state index contributed by atoms with van der Waals surface area (Å²) in [6.07, 6.45) is 4.77. The van der Waals surface area contributed by atoms with Gasteiger partial charge in [0.15, 0.2) is 0 Å². The molecule has 5 heteroatoms. The summed E-state index contributed by atoms with van der Waals surface area (Å²) in [5.74, 6) is 0.575. The number of nitrogens with one attached hydrogen (secondary N) is 1. The molecule has 0 aliphatic carbocycles. The van der Waals surface area contributed by atoms with Crippen LogP contribution in [0.5, 0.6) is 0 Å². The van der Waals surface area contributed by atoms with E-state index >= 15 is 0 Å². The predicted molar refractivity (Wildman–Crippen MR) is 130 cm³/mol. The van der Waals surface area contributed by atoms with E-state index in [9.17, 15) is 4.79 Å². The first kappa shape index (κ1) is 20.7. The van der Waals surface area contributed by atoms with E-state index in [-0.39, 0.29) is 5.56 Å². The fourth-order valence-corrected chi connectivity index (χ4v) is 5.04. The number of benzene rings is 2. The predicted octanol–water partition coefficient (Wildman–Crippen LogP) is 4.92. The molecule has 5 nitrogen and oxygen atoms in total.